The maximum Gasteiger partial charge on any atom is 0.0700 e. The van der Waals surface area contributed by atoms with Crippen LogP contribution < -0.4 is 0 Å². The predicted octanol–water partition coefficient (Wildman–Crippen LogP) is 3.48. The summed E-state index contributed by atoms with van der Waals surface area (Å²) >= 11 is 0. The minimum atomic E-state index is 0.452. The van der Waals surface area contributed by atoms with E-state index in [9.17, 15) is 0 Å². The second kappa shape index (κ2) is 10.7. The van der Waals surface area contributed by atoms with Gasteiger partial charge in [0.05, 0.1) is 19.8 Å². The molecule has 0 aromatic heterocycles. The minimum absolute atomic E-state index is 0.452. The van der Waals surface area contributed by atoms with Gasteiger partial charge < -0.3 is 9.47 Å². The van der Waals surface area contributed by atoms with Gasteiger partial charge in [0.25, 0.3) is 0 Å². The second-order valence-corrected chi connectivity index (χ2v) is 3.38. The molecular weight excluding hydrogens is 200 g/mol. The number of ether oxygens (including phenoxy) is 2. The van der Waals surface area contributed by atoms with Crippen LogP contribution in [-0.4, -0.2) is 26.9 Å². The van der Waals surface area contributed by atoms with Gasteiger partial charge >= 0.3 is 0 Å². The summed E-state index contributed by atoms with van der Waals surface area (Å²) in [5.74, 6) is 0.452. The smallest absolute Gasteiger partial charge is 0.0700 e. The molecule has 1 rings (SSSR count). The lowest BCUT2D eigenvalue weighted by Crippen LogP contribution is -2.08. The summed E-state index contributed by atoms with van der Waals surface area (Å²) in [4.78, 5) is 0. The van der Waals surface area contributed by atoms with Crippen LogP contribution in [0.2, 0.25) is 0 Å². The summed E-state index contributed by atoms with van der Waals surface area (Å²) in [5, 5.41) is 0. The van der Waals surface area contributed by atoms with E-state index in [1.54, 1.807) is 7.11 Å². The first-order chi connectivity index (χ1) is 7.84. The number of methoxy groups -OCH3 is 1. The molecular formula is C14H24O2. The highest BCUT2D eigenvalue weighted by molar-refractivity contribution is 5.18. The van der Waals surface area contributed by atoms with Gasteiger partial charge in [-0.05, 0) is 5.56 Å². The molecule has 0 aliphatic heterocycles. The van der Waals surface area contributed by atoms with E-state index in [0.717, 1.165) is 6.61 Å². The van der Waals surface area contributed by atoms with Gasteiger partial charge in [-0.3, -0.25) is 0 Å². The fourth-order valence-electron chi connectivity index (χ4n) is 1.28. The molecule has 0 spiro atoms. The van der Waals surface area contributed by atoms with E-state index in [2.05, 4.69) is 31.2 Å². The van der Waals surface area contributed by atoms with Crippen LogP contribution in [0.5, 0.6) is 0 Å². The van der Waals surface area contributed by atoms with Crippen molar-refractivity contribution in [2.45, 2.75) is 26.7 Å². The number of hydrogen-bond acceptors (Lipinski definition) is 2. The van der Waals surface area contributed by atoms with Crippen LogP contribution in [0.3, 0.4) is 0 Å². The Morgan fingerprint density at radius 2 is 1.69 bits per heavy atom. The monoisotopic (exact) mass is 224 g/mol. The molecule has 0 fully saturated rings. The van der Waals surface area contributed by atoms with Crippen molar-refractivity contribution < 1.29 is 9.47 Å². The number of benzene rings is 1. The molecule has 1 aromatic rings. The van der Waals surface area contributed by atoms with Crippen LogP contribution in [-0.2, 0) is 9.47 Å². The standard InChI is InChI=1S/C12H18O2.C2H6/c1-11(10-14-9-8-13-2)12-6-4-3-5-7-12;1-2/h3-7,11H,8-10H2,1-2H3;1-2H3/t11-;/m1./s1. The first kappa shape index (κ1) is 15.1. The average molecular weight is 224 g/mol. The lowest BCUT2D eigenvalue weighted by atomic mass is 10.0. The third kappa shape index (κ3) is 6.59. The van der Waals surface area contributed by atoms with Crippen LogP contribution in [0.1, 0.15) is 32.3 Å². The van der Waals surface area contributed by atoms with E-state index < -0.39 is 0 Å². The van der Waals surface area contributed by atoms with Crippen molar-refractivity contribution in [3.05, 3.63) is 35.9 Å². The average Bonchev–Trinajstić information content (AvgIpc) is 2.38. The fourth-order valence-corrected chi connectivity index (χ4v) is 1.28. The van der Waals surface area contributed by atoms with Gasteiger partial charge in [0.2, 0.25) is 0 Å². The Balaban J connectivity index is 0.00000106. The molecule has 1 atom stereocenters. The second-order valence-electron chi connectivity index (χ2n) is 3.38. The van der Waals surface area contributed by atoms with Crippen molar-refractivity contribution in [2.24, 2.45) is 0 Å². The summed E-state index contributed by atoms with van der Waals surface area (Å²) < 4.78 is 10.4. The fraction of sp³-hybridized carbons (Fsp3) is 0.571. The van der Waals surface area contributed by atoms with Gasteiger partial charge in [-0.1, -0.05) is 51.1 Å². The highest BCUT2D eigenvalue weighted by Crippen LogP contribution is 2.14. The van der Waals surface area contributed by atoms with E-state index in [4.69, 9.17) is 9.47 Å². The Labute approximate surface area is 99.6 Å². The normalized spacial score (nSPS) is 11.5. The van der Waals surface area contributed by atoms with Crippen molar-refractivity contribution in [3.8, 4) is 0 Å². The summed E-state index contributed by atoms with van der Waals surface area (Å²) in [6.45, 7) is 8.27. The van der Waals surface area contributed by atoms with Gasteiger partial charge in [-0.2, -0.15) is 0 Å². The molecule has 2 heteroatoms. The molecule has 0 heterocycles. The predicted molar refractivity (Wildman–Crippen MR) is 68.9 cm³/mol. The van der Waals surface area contributed by atoms with Crippen LogP contribution in [0.25, 0.3) is 0 Å². The first-order valence-corrected chi connectivity index (χ1v) is 5.96. The van der Waals surface area contributed by atoms with Crippen molar-refractivity contribution >= 4 is 0 Å². The van der Waals surface area contributed by atoms with Crippen LogP contribution in [0.15, 0.2) is 30.3 Å². The third-order valence-corrected chi connectivity index (χ3v) is 2.17. The lowest BCUT2D eigenvalue weighted by Gasteiger charge is -2.11. The lowest BCUT2D eigenvalue weighted by molar-refractivity contribution is 0.0649. The molecule has 0 N–H and O–H groups in total. The first-order valence-electron chi connectivity index (χ1n) is 5.96. The molecule has 0 bridgehead atoms. The van der Waals surface area contributed by atoms with Crippen molar-refractivity contribution in [2.75, 3.05) is 26.9 Å². The van der Waals surface area contributed by atoms with Crippen molar-refractivity contribution in [3.63, 3.8) is 0 Å². The van der Waals surface area contributed by atoms with Crippen LogP contribution in [0.4, 0.5) is 0 Å². The Bertz CT molecular complexity index is 234. The maximum absolute atomic E-state index is 5.47. The van der Waals surface area contributed by atoms with Gasteiger partial charge in [0.15, 0.2) is 0 Å². The number of hydrogen-bond donors (Lipinski definition) is 0. The number of rotatable bonds is 6. The Kier molecular flexibility index (Phi) is 10.1. The molecule has 0 unspecified atom stereocenters. The van der Waals surface area contributed by atoms with E-state index >= 15 is 0 Å². The Morgan fingerprint density at radius 3 is 2.25 bits per heavy atom. The molecule has 0 aliphatic carbocycles. The highest BCUT2D eigenvalue weighted by Gasteiger charge is 2.03. The Hall–Kier alpha value is -0.860. The largest absolute Gasteiger partial charge is 0.382 e. The topological polar surface area (TPSA) is 18.5 Å². The molecule has 92 valence electrons. The van der Waals surface area contributed by atoms with Gasteiger partial charge in [0, 0.05) is 13.0 Å². The van der Waals surface area contributed by atoms with Gasteiger partial charge in [-0.15, -0.1) is 0 Å². The van der Waals surface area contributed by atoms with Gasteiger partial charge in [0.1, 0.15) is 0 Å². The Morgan fingerprint density at radius 1 is 1.06 bits per heavy atom. The third-order valence-electron chi connectivity index (χ3n) is 2.17. The van der Waals surface area contributed by atoms with Crippen LogP contribution >= 0.6 is 0 Å². The molecule has 16 heavy (non-hydrogen) atoms. The van der Waals surface area contributed by atoms with E-state index in [-0.39, 0.29) is 0 Å². The molecule has 0 aliphatic rings. The molecule has 0 saturated carbocycles. The van der Waals surface area contributed by atoms with E-state index in [1.165, 1.54) is 5.56 Å². The minimum Gasteiger partial charge on any atom is -0.382 e. The SMILES string of the molecule is CC.COCCOC[C@@H](C)c1ccccc1. The van der Waals surface area contributed by atoms with Crippen molar-refractivity contribution in [1.82, 2.24) is 0 Å². The summed E-state index contributed by atoms with van der Waals surface area (Å²) in [6, 6.07) is 10.4. The van der Waals surface area contributed by atoms with Crippen molar-refractivity contribution in [1.29, 1.82) is 0 Å². The van der Waals surface area contributed by atoms with E-state index in [0.29, 0.717) is 19.1 Å². The van der Waals surface area contributed by atoms with Crippen LogP contribution in [0, 0.1) is 0 Å². The van der Waals surface area contributed by atoms with Gasteiger partial charge in [-0.25, -0.2) is 0 Å². The highest BCUT2D eigenvalue weighted by atomic mass is 16.5. The molecule has 0 radical (unpaired) electrons. The van der Waals surface area contributed by atoms with E-state index in [1.807, 2.05) is 19.9 Å². The summed E-state index contributed by atoms with van der Waals surface area (Å²) in [7, 11) is 1.68. The molecule has 1 aromatic carbocycles. The quantitative estimate of drug-likeness (QED) is 0.689. The summed E-state index contributed by atoms with van der Waals surface area (Å²) in [5.41, 5.74) is 1.32. The zero-order valence-electron chi connectivity index (χ0n) is 10.9. The molecule has 0 saturated heterocycles. The molecule has 2 nitrogen and oxygen atoms in total. The molecule has 0 amide bonds. The summed E-state index contributed by atoms with van der Waals surface area (Å²) in [6.07, 6.45) is 0. The zero-order chi connectivity index (χ0) is 12.2. The zero-order valence-corrected chi connectivity index (χ0v) is 10.9. The maximum atomic E-state index is 5.47.